The normalized spacial score (nSPS) is 12.8. The molecule has 1 N–H and O–H groups in total. The number of hydrogen-bond acceptors (Lipinski definition) is 5. The molecule has 0 aromatic rings. The molecule has 0 spiro atoms. The van der Waals surface area contributed by atoms with E-state index >= 15 is 0 Å². The minimum absolute atomic E-state index is 0. The molecule has 5 nitrogen and oxygen atoms in total. The third kappa shape index (κ3) is 19.0. The predicted octanol–water partition coefficient (Wildman–Crippen LogP) is 0.572. The van der Waals surface area contributed by atoms with Crippen LogP contribution in [0.5, 0.6) is 0 Å². The maximum atomic E-state index is 10.4. The zero-order valence-corrected chi connectivity index (χ0v) is 17.8. The first-order valence-corrected chi connectivity index (χ1v) is 10.2. The first-order chi connectivity index (χ1) is 10.5. The summed E-state index contributed by atoms with van der Waals surface area (Å²) in [5, 5.41) is 9.00. The van der Waals surface area contributed by atoms with Gasteiger partial charge in [0.2, 0.25) is 0 Å². The van der Waals surface area contributed by atoms with Crippen molar-refractivity contribution in [3.05, 3.63) is 0 Å². The van der Waals surface area contributed by atoms with Crippen LogP contribution in [0.3, 0.4) is 0 Å². The molecule has 0 aliphatic rings. The van der Waals surface area contributed by atoms with Crippen LogP contribution in [0.25, 0.3) is 0 Å². The Hall–Kier alpha value is 0.830. The molecule has 0 amide bonds. The second kappa shape index (κ2) is 17.6. The molecule has 0 heterocycles. The van der Waals surface area contributed by atoms with Crippen LogP contribution < -0.4 is 29.6 Å². The van der Waals surface area contributed by atoms with E-state index in [1.54, 1.807) is 0 Å². The first-order valence-electron chi connectivity index (χ1n) is 8.69. The molecule has 0 saturated carbocycles. The Kier molecular flexibility index (Phi) is 20.0. The van der Waals surface area contributed by atoms with E-state index in [1.807, 2.05) is 0 Å². The number of rotatable bonds is 16. The van der Waals surface area contributed by atoms with Crippen molar-refractivity contribution in [2.24, 2.45) is 0 Å². The first kappa shape index (κ1) is 26.1. The Labute approximate surface area is 164 Å². The van der Waals surface area contributed by atoms with Crippen molar-refractivity contribution in [1.82, 2.24) is 0 Å². The topological polar surface area (TPSA) is 86.7 Å². The molecule has 7 heteroatoms. The monoisotopic (exact) mass is 360 g/mol. The predicted molar refractivity (Wildman–Crippen MR) is 87.6 cm³/mol. The Morgan fingerprint density at radius 3 is 1.74 bits per heavy atom. The van der Waals surface area contributed by atoms with Gasteiger partial charge >= 0.3 is 29.6 Å². The molecule has 0 aliphatic heterocycles. The molecule has 0 saturated heterocycles. The van der Waals surface area contributed by atoms with Gasteiger partial charge in [0, 0.05) is 13.0 Å². The van der Waals surface area contributed by atoms with Crippen molar-refractivity contribution in [2.45, 2.75) is 89.4 Å². The number of aliphatic hydroxyl groups is 1. The van der Waals surface area contributed by atoms with Crippen molar-refractivity contribution in [3.63, 3.8) is 0 Å². The van der Waals surface area contributed by atoms with Gasteiger partial charge in [-0.1, -0.05) is 71.1 Å². The summed E-state index contributed by atoms with van der Waals surface area (Å²) in [6.07, 6.45) is 13.8. The number of aliphatic hydroxyl groups excluding tert-OH is 1. The number of unbranched alkanes of at least 4 members (excludes halogenated alkanes) is 10. The average molecular weight is 360 g/mol. The summed E-state index contributed by atoms with van der Waals surface area (Å²) < 4.78 is 36.5. The van der Waals surface area contributed by atoms with E-state index < -0.39 is 15.6 Å². The van der Waals surface area contributed by atoms with E-state index in [2.05, 4.69) is 6.92 Å². The molecule has 1 atom stereocenters. The molecule has 0 rings (SSSR count). The largest absolute Gasteiger partial charge is 1.00 e. The van der Waals surface area contributed by atoms with E-state index in [4.69, 9.17) is 9.84 Å². The standard InChI is InChI=1S/C16H34O5S.Na/c1-2-3-4-5-6-7-8-9-10-11-12-14-21-15-13-16(17)22(18,19)20;/h16-17H,2-15H2,1H3,(H,18,19,20);/q;+1/p-1. The zero-order chi connectivity index (χ0) is 16.7. The summed E-state index contributed by atoms with van der Waals surface area (Å²) in [6.45, 7) is 2.90. The smallest absolute Gasteiger partial charge is 0.746 e. The minimum atomic E-state index is -4.60. The molecule has 0 bridgehead atoms. The van der Waals surface area contributed by atoms with Crippen molar-refractivity contribution >= 4 is 10.1 Å². The van der Waals surface area contributed by atoms with Gasteiger partial charge in [0.15, 0.2) is 0 Å². The van der Waals surface area contributed by atoms with Crippen molar-refractivity contribution in [2.75, 3.05) is 13.2 Å². The summed E-state index contributed by atoms with van der Waals surface area (Å²) in [5.41, 5.74) is -1.84. The Balaban J connectivity index is 0. The van der Waals surface area contributed by atoms with Crippen molar-refractivity contribution < 1.29 is 52.4 Å². The van der Waals surface area contributed by atoms with E-state index in [0.29, 0.717) is 6.61 Å². The third-order valence-corrected chi connectivity index (χ3v) is 4.64. The molecule has 0 aliphatic carbocycles. The Bertz CT molecular complexity index is 335. The second-order valence-corrected chi connectivity index (χ2v) is 7.41. The van der Waals surface area contributed by atoms with Crippen LogP contribution in [0.1, 0.15) is 84.0 Å². The van der Waals surface area contributed by atoms with Gasteiger partial charge in [0.05, 0.1) is 6.61 Å². The fraction of sp³-hybridized carbons (Fsp3) is 1.00. The van der Waals surface area contributed by atoms with E-state index in [-0.39, 0.29) is 42.6 Å². The molecule has 0 radical (unpaired) electrons. The Morgan fingerprint density at radius 1 is 0.870 bits per heavy atom. The summed E-state index contributed by atoms with van der Waals surface area (Å²) in [7, 11) is -4.60. The average Bonchev–Trinajstić information content (AvgIpc) is 2.46. The van der Waals surface area contributed by atoms with Crippen LogP contribution in [0.15, 0.2) is 0 Å². The van der Waals surface area contributed by atoms with Crippen LogP contribution in [0.4, 0.5) is 0 Å². The van der Waals surface area contributed by atoms with E-state index in [9.17, 15) is 13.0 Å². The van der Waals surface area contributed by atoms with Gasteiger partial charge in [-0.15, -0.1) is 0 Å². The van der Waals surface area contributed by atoms with Crippen molar-refractivity contribution in [1.29, 1.82) is 0 Å². The van der Waals surface area contributed by atoms with Gasteiger partial charge in [0.1, 0.15) is 15.6 Å². The molecular formula is C16H33NaO5S. The zero-order valence-electron chi connectivity index (χ0n) is 15.0. The van der Waals surface area contributed by atoms with Gasteiger partial charge in [-0.25, -0.2) is 8.42 Å². The summed E-state index contributed by atoms with van der Waals surface area (Å²) in [6, 6.07) is 0. The fourth-order valence-electron chi connectivity index (χ4n) is 2.30. The Morgan fingerprint density at radius 2 is 1.30 bits per heavy atom. The molecular weight excluding hydrogens is 327 g/mol. The van der Waals surface area contributed by atoms with Gasteiger partial charge < -0.3 is 14.4 Å². The summed E-state index contributed by atoms with van der Waals surface area (Å²) >= 11 is 0. The molecule has 0 aromatic carbocycles. The molecule has 0 aromatic heterocycles. The molecule has 134 valence electrons. The summed E-state index contributed by atoms with van der Waals surface area (Å²) in [5.74, 6) is 0. The van der Waals surface area contributed by atoms with Crippen molar-refractivity contribution in [3.8, 4) is 0 Å². The third-order valence-electron chi connectivity index (χ3n) is 3.73. The van der Waals surface area contributed by atoms with Gasteiger partial charge in [-0.3, -0.25) is 0 Å². The number of ether oxygens (including phenoxy) is 1. The maximum Gasteiger partial charge on any atom is 1.00 e. The van der Waals surface area contributed by atoms with Crippen LogP contribution in [-0.2, 0) is 14.9 Å². The van der Waals surface area contributed by atoms with Gasteiger partial charge in [-0.2, -0.15) is 0 Å². The quantitative estimate of drug-likeness (QED) is 0.247. The van der Waals surface area contributed by atoms with Crippen LogP contribution in [-0.4, -0.2) is 36.7 Å². The molecule has 0 fully saturated rings. The summed E-state index contributed by atoms with van der Waals surface area (Å²) in [4.78, 5) is 0. The molecule has 23 heavy (non-hydrogen) atoms. The maximum absolute atomic E-state index is 10.4. The number of hydrogen-bond donors (Lipinski definition) is 1. The van der Waals surface area contributed by atoms with Crippen LogP contribution in [0, 0.1) is 0 Å². The van der Waals surface area contributed by atoms with E-state index in [0.717, 1.165) is 12.8 Å². The van der Waals surface area contributed by atoms with Gasteiger partial charge in [0.25, 0.3) is 0 Å². The van der Waals surface area contributed by atoms with Crippen LogP contribution in [0.2, 0.25) is 0 Å². The molecule has 1 unspecified atom stereocenters. The van der Waals surface area contributed by atoms with Gasteiger partial charge in [-0.05, 0) is 6.42 Å². The minimum Gasteiger partial charge on any atom is -0.746 e. The second-order valence-electron chi connectivity index (χ2n) is 5.88. The van der Waals surface area contributed by atoms with E-state index in [1.165, 1.54) is 57.8 Å². The fourth-order valence-corrected chi connectivity index (χ4v) is 2.68. The van der Waals surface area contributed by atoms with Crippen LogP contribution >= 0.6 is 0 Å². The SMILES string of the molecule is CCCCCCCCCCCCCOCCC(O)S(=O)(=O)[O-].[Na+].